The third kappa shape index (κ3) is 5.06. The van der Waals surface area contributed by atoms with E-state index in [1.807, 2.05) is 37.3 Å². The van der Waals surface area contributed by atoms with Crippen LogP contribution in [0.4, 0.5) is 10.5 Å². The molecule has 1 saturated carbocycles. The maximum Gasteiger partial charge on any atom is 0.318 e. The number of carbonyl (C=O) groups excluding carboxylic acids is 2. The van der Waals surface area contributed by atoms with E-state index < -0.39 is 5.41 Å². The van der Waals surface area contributed by atoms with E-state index in [4.69, 9.17) is 11.5 Å². The first kappa shape index (κ1) is 22.8. The highest BCUT2D eigenvalue weighted by Gasteiger charge is 2.53. The molecule has 0 saturated heterocycles. The summed E-state index contributed by atoms with van der Waals surface area (Å²) < 4.78 is 0. The van der Waals surface area contributed by atoms with Crippen molar-refractivity contribution in [2.24, 2.45) is 21.9 Å². The van der Waals surface area contributed by atoms with Crippen molar-refractivity contribution in [1.82, 2.24) is 5.32 Å². The number of rotatable bonds is 8. The number of nitrogens with zero attached hydrogens (tertiary/aromatic N) is 1. The number of hydrogen-bond acceptors (Lipinski definition) is 4. The summed E-state index contributed by atoms with van der Waals surface area (Å²) in [4.78, 5) is 28.9. The summed E-state index contributed by atoms with van der Waals surface area (Å²) in [7, 11) is 1.55. The van der Waals surface area contributed by atoms with Crippen LogP contribution >= 0.6 is 0 Å². The highest BCUT2D eigenvalue weighted by Crippen LogP contribution is 2.53. The van der Waals surface area contributed by atoms with Crippen molar-refractivity contribution in [1.29, 1.82) is 0 Å². The third-order valence-electron chi connectivity index (χ3n) is 5.74. The van der Waals surface area contributed by atoms with Gasteiger partial charge in [-0.15, -0.1) is 0 Å². The van der Waals surface area contributed by atoms with E-state index in [1.54, 1.807) is 37.4 Å². The van der Waals surface area contributed by atoms with Crippen molar-refractivity contribution in [2.75, 3.05) is 12.4 Å². The van der Waals surface area contributed by atoms with Crippen LogP contribution in [-0.4, -0.2) is 24.7 Å². The summed E-state index contributed by atoms with van der Waals surface area (Å²) in [5.74, 6) is 0.0375. The number of amides is 2. The number of carbonyl (C=O) groups is 2. The fraction of sp³-hybridized carbons (Fsp3) is 0.240. The average Bonchev–Trinajstić information content (AvgIpc) is 3.61. The van der Waals surface area contributed by atoms with Gasteiger partial charge in [0.05, 0.1) is 11.1 Å². The molecule has 0 spiro atoms. The molecule has 7 nitrogen and oxygen atoms in total. The first-order valence-electron chi connectivity index (χ1n) is 10.5. The van der Waals surface area contributed by atoms with E-state index in [0.717, 1.165) is 11.1 Å². The number of nitrogens with one attached hydrogen (secondary N) is 2. The van der Waals surface area contributed by atoms with Gasteiger partial charge in [-0.05, 0) is 42.2 Å². The second-order valence-electron chi connectivity index (χ2n) is 7.94. The highest BCUT2D eigenvalue weighted by molar-refractivity contribution is 6.00. The van der Waals surface area contributed by atoms with Gasteiger partial charge >= 0.3 is 6.03 Å². The van der Waals surface area contributed by atoms with Crippen LogP contribution in [0.5, 0.6) is 0 Å². The number of nitrogens with two attached hydrogens (primary N) is 2. The number of urea groups is 1. The molecule has 0 aliphatic heterocycles. The van der Waals surface area contributed by atoms with Gasteiger partial charge in [0.15, 0.2) is 5.78 Å². The molecule has 1 aliphatic carbocycles. The van der Waals surface area contributed by atoms with Gasteiger partial charge in [0.1, 0.15) is 5.84 Å². The van der Waals surface area contributed by atoms with Gasteiger partial charge in [0.2, 0.25) is 0 Å². The number of Topliss-reactive ketones (excluding diaryl/α,β-unsaturated/α-hetero) is 1. The molecule has 1 atom stereocenters. The van der Waals surface area contributed by atoms with Crippen LogP contribution in [0.2, 0.25) is 0 Å². The lowest BCUT2D eigenvalue weighted by Crippen LogP contribution is -2.28. The Hall–Kier alpha value is -3.87. The molecule has 0 aromatic heterocycles. The lowest BCUT2D eigenvalue weighted by molar-refractivity contribution is -0.124. The first-order chi connectivity index (χ1) is 15.3. The van der Waals surface area contributed by atoms with Gasteiger partial charge in [-0.3, -0.25) is 4.79 Å². The van der Waals surface area contributed by atoms with E-state index in [9.17, 15) is 9.59 Å². The largest absolute Gasteiger partial charge is 0.401 e. The molecule has 7 heteroatoms. The number of benzene rings is 2. The van der Waals surface area contributed by atoms with Gasteiger partial charge in [-0.25, -0.2) is 9.79 Å². The summed E-state index contributed by atoms with van der Waals surface area (Å²) in [6.45, 7) is 5.87. The summed E-state index contributed by atoms with van der Waals surface area (Å²) in [6, 6.07) is 16.4. The maximum atomic E-state index is 13.2. The van der Waals surface area contributed by atoms with Gasteiger partial charge in [-0.1, -0.05) is 56.0 Å². The van der Waals surface area contributed by atoms with Crippen LogP contribution in [-0.2, 0) is 4.79 Å². The topological polar surface area (TPSA) is 123 Å². The SMILES string of the molecule is C=C(N=C(N)/C=C(\N)C1(C(=O)C(C)c2ccccc2)CC1)c1ccc(NC(=O)NC)cc1. The molecule has 1 unspecified atom stereocenters. The zero-order valence-electron chi connectivity index (χ0n) is 18.4. The Morgan fingerprint density at radius 1 is 1.09 bits per heavy atom. The Labute approximate surface area is 188 Å². The molecule has 32 heavy (non-hydrogen) atoms. The standard InChI is InChI=1S/C25H29N5O2/c1-16(18-7-5-4-6-8-18)23(31)25(13-14-25)21(26)15-22(27)29-17(2)19-9-11-20(12-10-19)30-24(32)28-3/h4-12,15-16H,2,13-14,26H2,1,3H3,(H2,27,29)(H2,28,30,32)/b21-15-. The second-order valence-corrected chi connectivity index (χ2v) is 7.94. The molecule has 2 aromatic carbocycles. The predicted octanol–water partition coefficient (Wildman–Crippen LogP) is 3.76. The minimum atomic E-state index is -0.677. The maximum absolute atomic E-state index is 13.2. The van der Waals surface area contributed by atoms with Crippen molar-refractivity contribution in [3.63, 3.8) is 0 Å². The van der Waals surface area contributed by atoms with Crippen LogP contribution in [0.3, 0.4) is 0 Å². The van der Waals surface area contributed by atoms with Gasteiger partial charge in [0, 0.05) is 24.4 Å². The van der Waals surface area contributed by atoms with Crippen LogP contribution in [0.15, 0.2) is 77.9 Å². The van der Waals surface area contributed by atoms with E-state index >= 15 is 0 Å². The van der Waals surface area contributed by atoms with Crippen LogP contribution in [0.25, 0.3) is 5.70 Å². The number of aliphatic imine (C=N–C) groups is 1. The van der Waals surface area contributed by atoms with Crippen LogP contribution in [0.1, 0.15) is 36.8 Å². The van der Waals surface area contributed by atoms with E-state index in [1.165, 1.54) is 0 Å². The molecule has 3 rings (SSSR count). The Kier molecular flexibility index (Phi) is 6.78. The smallest absolute Gasteiger partial charge is 0.318 e. The number of anilines is 1. The number of allylic oxidation sites excluding steroid dienone is 1. The fourth-order valence-corrected chi connectivity index (χ4v) is 3.60. The van der Waals surface area contributed by atoms with E-state index in [0.29, 0.717) is 29.9 Å². The molecule has 2 amide bonds. The molecular formula is C25H29N5O2. The molecular weight excluding hydrogens is 402 g/mol. The van der Waals surface area contributed by atoms with Crippen molar-refractivity contribution in [3.05, 3.63) is 84.1 Å². The minimum absolute atomic E-state index is 0.100. The quantitative estimate of drug-likeness (QED) is 0.375. The van der Waals surface area contributed by atoms with Crippen LogP contribution in [0, 0.1) is 5.41 Å². The van der Waals surface area contributed by atoms with E-state index in [-0.39, 0.29) is 23.6 Å². The molecule has 6 N–H and O–H groups in total. The minimum Gasteiger partial charge on any atom is -0.401 e. The number of amidine groups is 1. The fourth-order valence-electron chi connectivity index (χ4n) is 3.60. The molecule has 0 bridgehead atoms. The van der Waals surface area contributed by atoms with Crippen molar-refractivity contribution < 1.29 is 9.59 Å². The Morgan fingerprint density at radius 2 is 1.72 bits per heavy atom. The zero-order chi connectivity index (χ0) is 23.3. The second kappa shape index (κ2) is 9.51. The molecule has 0 heterocycles. The van der Waals surface area contributed by atoms with Crippen LogP contribution < -0.4 is 22.1 Å². The molecule has 1 aliphatic rings. The molecule has 1 fully saturated rings. The number of ketones is 1. The lowest BCUT2D eigenvalue weighted by Gasteiger charge is -2.20. The first-order valence-corrected chi connectivity index (χ1v) is 10.5. The molecule has 0 radical (unpaired) electrons. The van der Waals surface area contributed by atoms with Gasteiger partial charge in [0.25, 0.3) is 0 Å². The summed E-state index contributed by atoms with van der Waals surface area (Å²) in [5, 5.41) is 5.17. The summed E-state index contributed by atoms with van der Waals surface area (Å²) in [6.07, 6.45) is 2.98. The number of hydrogen-bond donors (Lipinski definition) is 4. The summed E-state index contributed by atoms with van der Waals surface area (Å²) in [5.41, 5.74) is 15.0. The highest BCUT2D eigenvalue weighted by atomic mass is 16.2. The monoisotopic (exact) mass is 431 g/mol. The predicted molar refractivity (Wildman–Crippen MR) is 129 cm³/mol. The van der Waals surface area contributed by atoms with Crippen molar-refractivity contribution in [2.45, 2.75) is 25.7 Å². The van der Waals surface area contributed by atoms with E-state index in [2.05, 4.69) is 22.2 Å². The Morgan fingerprint density at radius 3 is 2.28 bits per heavy atom. The van der Waals surface area contributed by atoms with Gasteiger partial charge in [-0.2, -0.15) is 0 Å². The van der Waals surface area contributed by atoms with Crippen molar-refractivity contribution in [3.8, 4) is 0 Å². The Balaban J connectivity index is 1.71. The third-order valence-corrected chi connectivity index (χ3v) is 5.74. The molecule has 166 valence electrons. The normalized spacial score (nSPS) is 16.1. The molecule has 2 aromatic rings. The Bertz CT molecular complexity index is 1070. The zero-order valence-corrected chi connectivity index (χ0v) is 18.4. The average molecular weight is 432 g/mol. The van der Waals surface area contributed by atoms with Gasteiger partial charge < -0.3 is 22.1 Å². The lowest BCUT2D eigenvalue weighted by atomic mass is 9.84. The summed E-state index contributed by atoms with van der Waals surface area (Å²) >= 11 is 0. The van der Waals surface area contributed by atoms with Crippen molar-refractivity contribution >= 4 is 29.0 Å².